The first-order valence-corrected chi connectivity index (χ1v) is 7.47. The van der Waals surface area contributed by atoms with Crippen LogP contribution in [0.2, 0.25) is 0 Å². The van der Waals surface area contributed by atoms with E-state index in [4.69, 9.17) is 0 Å². The van der Waals surface area contributed by atoms with Crippen LogP contribution in [0.3, 0.4) is 0 Å². The maximum Gasteiger partial charge on any atom is 0.322 e. The molecule has 1 heterocycles. The highest BCUT2D eigenvalue weighted by atomic mass is 32.2. The standard InChI is InChI=1S/C14H18N2O2S/c1-10(2)8-19-9-14(11-6-4-3-5-7-11)12(17)15-13(18)16-14/h3-7,10H,8-9H2,1-2H3,(H2,15,16,17,18)/t14-/m1/s1. The van der Waals surface area contributed by atoms with Crippen molar-refractivity contribution in [1.82, 2.24) is 10.6 Å². The van der Waals surface area contributed by atoms with Crippen molar-refractivity contribution in [3.05, 3.63) is 35.9 Å². The zero-order chi connectivity index (χ0) is 13.9. The number of benzene rings is 1. The fourth-order valence-corrected chi connectivity index (χ4v) is 3.32. The second kappa shape index (κ2) is 5.65. The molecule has 1 aromatic carbocycles. The molecule has 0 saturated carbocycles. The second-order valence-corrected chi connectivity index (χ2v) is 6.12. The normalized spacial score (nSPS) is 22.5. The molecule has 3 amide bonds. The molecule has 5 heteroatoms. The zero-order valence-corrected chi connectivity index (χ0v) is 11.9. The summed E-state index contributed by atoms with van der Waals surface area (Å²) in [5.74, 6) is 1.79. The van der Waals surface area contributed by atoms with E-state index in [0.29, 0.717) is 11.7 Å². The molecule has 2 rings (SSSR count). The second-order valence-electron chi connectivity index (χ2n) is 5.09. The number of carbonyl (C=O) groups is 2. The molecule has 0 unspecified atom stereocenters. The Morgan fingerprint density at radius 2 is 1.89 bits per heavy atom. The lowest BCUT2D eigenvalue weighted by Gasteiger charge is -2.26. The Morgan fingerprint density at radius 1 is 1.21 bits per heavy atom. The van der Waals surface area contributed by atoms with Gasteiger partial charge in [0.15, 0.2) is 5.54 Å². The van der Waals surface area contributed by atoms with Gasteiger partial charge in [-0.15, -0.1) is 0 Å². The van der Waals surface area contributed by atoms with Crippen LogP contribution < -0.4 is 10.6 Å². The Morgan fingerprint density at radius 3 is 2.42 bits per heavy atom. The molecule has 2 N–H and O–H groups in total. The van der Waals surface area contributed by atoms with Gasteiger partial charge in [-0.2, -0.15) is 11.8 Å². The van der Waals surface area contributed by atoms with E-state index in [0.717, 1.165) is 11.3 Å². The van der Waals surface area contributed by atoms with Gasteiger partial charge in [0.25, 0.3) is 5.91 Å². The van der Waals surface area contributed by atoms with Crippen molar-refractivity contribution in [3.63, 3.8) is 0 Å². The molecule has 0 bridgehead atoms. The first kappa shape index (κ1) is 13.9. The Balaban J connectivity index is 2.24. The van der Waals surface area contributed by atoms with E-state index in [9.17, 15) is 9.59 Å². The van der Waals surface area contributed by atoms with Gasteiger partial charge in [0.1, 0.15) is 0 Å². The van der Waals surface area contributed by atoms with E-state index in [-0.39, 0.29) is 5.91 Å². The van der Waals surface area contributed by atoms with Gasteiger partial charge >= 0.3 is 6.03 Å². The van der Waals surface area contributed by atoms with E-state index in [1.165, 1.54) is 0 Å². The van der Waals surface area contributed by atoms with Gasteiger partial charge in [-0.3, -0.25) is 10.1 Å². The molecule has 1 fully saturated rings. The highest BCUT2D eigenvalue weighted by Crippen LogP contribution is 2.29. The summed E-state index contributed by atoms with van der Waals surface area (Å²) in [4.78, 5) is 23.7. The summed E-state index contributed by atoms with van der Waals surface area (Å²) in [6.45, 7) is 4.27. The van der Waals surface area contributed by atoms with Crippen molar-refractivity contribution in [2.75, 3.05) is 11.5 Å². The quantitative estimate of drug-likeness (QED) is 0.811. The molecule has 102 valence electrons. The molecular weight excluding hydrogens is 260 g/mol. The lowest BCUT2D eigenvalue weighted by Crippen LogP contribution is -2.46. The Labute approximate surface area is 117 Å². The SMILES string of the molecule is CC(C)CSC[C@]1(c2ccccc2)NC(=O)NC1=O. The van der Waals surface area contributed by atoms with Crippen molar-refractivity contribution >= 4 is 23.7 Å². The number of nitrogens with one attached hydrogen (secondary N) is 2. The average molecular weight is 278 g/mol. The maximum absolute atomic E-state index is 12.2. The van der Waals surface area contributed by atoms with Gasteiger partial charge in [0, 0.05) is 5.75 Å². The third-order valence-electron chi connectivity index (χ3n) is 2.98. The number of imide groups is 1. The third kappa shape index (κ3) is 2.92. The van der Waals surface area contributed by atoms with Crippen LogP contribution in [0.15, 0.2) is 30.3 Å². The van der Waals surface area contributed by atoms with Crippen molar-refractivity contribution in [2.24, 2.45) is 5.92 Å². The predicted molar refractivity (Wildman–Crippen MR) is 77.0 cm³/mol. The van der Waals surface area contributed by atoms with Gasteiger partial charge in [-0.1, -0.05) is 44.2 Å². The van der Waals surface area contributed by atoms with Gasteiger partial charge < -0.3 is 5.32 Å². The molecule has 1 aliphatic rings. The average Bonchev–Trinajstić information content (AvgIpc) is 2.66. The fraction of sp³-hybridized carbons (Fsp3) is 0.429. The molecule has 0 spiro atoms. The van der Waals surface area contributed by atoms with Crippen LogP contribution in [0.4, 0.5) is 4.79 Å². The number of hydrogen-bond donors (Lipinski definition) is 2. The molecule has 1 aromatic rings. The summed E-state index contributed by atoms with van der Waals surface area (Å²) in [5.41, 5.74) is -0.104. The van der Waals surface area contributed by atoms with Gasteiger partial charge in [0.2, 0.25) is 0 Å². The van der Waals surface area contributed by atoms with Crippen LogP contribution in [0.25, 0.3) is 0 Å². The monoisotopic (exact) mass is 278 g/mol. The van der Waals surface area contributed by atoms with Crippen molar-refractivity contribution in [2.45, 2.75) is 19.4 Å². The topological polar surface area (TPSA) is 58.2 Å². The number of rotatable bonds is 5. The molecule has 4 nitrogen and oxygen atoms in total. The van der Waals surface area contributed by atoms with E-state index >= 15 is 0 Å². The first-order valence-electron chi connectivity index (χ1n) is 6.31. The van der Waals surface area contributed by atoms with Crippen molar-refractivity contribution in [1.29, 1.82) is 0 Å². The zero-order valence-electron chi connectivity index (χ0n) is 11.1. The minimum Gasteiger partial charge on any atom is -0.319 e. The minimum absolute atomic E-state index is 0.264. The minimum atomic E-state index is -0.933. The van der Waals surface area contributed by atoms with E-state index < -0.39 is 11.6 Å². The van der Waals surface area contributed by atoms with Crippen molar-refractivity contribution in [3.8, 4) is 0 Å². The van der Waals surface area contributed by atoms with Gasteiger partial charge in [0.05, 0.1) is 0 Å². The van der Waals surface area contributed by atoms with Crippen LogP contribution in [-0.4, -0.2) is 23.4 Å². The first-order chi connectivity index (χ1) is 9.04. The predicted octanol–water partition coefficient (Wildman–Crippen LogP) is 2.11. The maximum atomic E-state index is 12.2. The van der Waals surface area contributed by atoms with Crippen LogP contribution in [-0.2, 0) is 10.3 Å². The molecule has 0 aliphatic carbocycles. The summed E-state index contributed by atoms with van der Waals surface area (Å²) >= 11 is 1.68. The number of thioether (sulfide) groups is 1. The molecule has 19 heavy (non-hydrogen) atoms. The molecule has 1 atom stereocenters. The highest BCUT2D eigenvalue weighted by molar-refractivity contribution is 7.99. The highest BCUT2D eigenvalue weighted by Gasteiger charge is 2.47. The summed E-state index contributed by atoms with van der Waals surface area (Å²) in [5, 5.41) is 5.13. The van der Waals surface area contributed by atoms with E-state index in [1.54, 1.807) is 11.8 Å². The Bertz CT molecular complexity index is 476. The summed E-state index contributed by atoms with van der Waals surface area (Å²) in [6, 6.07) is 8.98. The number of urea groups is 1. The van der Waals surface area contributed by atoms with E-state index in [1.807, 2.05) is 30.3 Å². The van der Waals surface area contributed by atoms with E-state index in [2.05, 4.69) is 24.5 Å². The van der Waals surface area contributed by atoms with Crippen LogP contribution in [0.5, 0.6) is 0 Å². The molecular formula is C14H18N2O2S. The summed E-state index contributed by atoms with van der Waals surface area (Å²) in [6.07, 6.45) is 0. The molecule has 0 aromatic heterocycles. The Kier molecular flexibility index (Phi) is 4.14. The third-order valence-corrected chi connectivity index (χ3v) is 4.52. The number of hydrogen-bond acceptors (Lipinski definition) is 3. The summed E-state index contributed by atoms with van der Waals surface area (Å²) in [7, 11) is 0. The van der Waals surface area contributed by atoms with Crippen molar-refractivity contribution < 1.29 is 9.59 Å². The summed E-state index contributed by atoms with van der Waals surface area (Å²) < 4.78 is 0. The lowest BCUT2D eigenvalue weighted by molar-refractivity contribution is -0.123. The number of carbonyl (C=O) groups excluding carboxylic acids is 2. The number of amides is 3. The molecule has 1 aliphatic heterocycles. The van der Waals surface area contributed by atoms with Crippen LogP contribution in [0, 0.1) is 5.92 Å². The fourth-order valence-electron chi connectivity index (χ4n) is 2.05. The van der Waals surface area contributed by atoms with Crippen LogP contribution in [0.1, 0.15) is 19.4 Å². The Hall–Kier alpha value is -1.49. The lowest BCUT2D eigenvalue weighted by atomic mass is 9.92. The smallest absolute Gasteiger partial charge is 0.319 e. The van der Waals surface area contributed by atoms with Gasteiger partial charge in [-0.25, -0.2) is 4.79 Å². The van der Waals surface area contributed by atoms with Gasteiger partial charge in [-0.05, 0) is 17.2 Å². The largest absolute Gasteiger partial charge is 0.322 e. The molecule has 1 saturated heterocycles. The van der Waals surface area contributed by atoms with Crippen LogP contribution >= 0.6 is 11.8 Å². The molecule has 0 radical (unpaired) electrons.